The van der Waals surface area contributed by atoms with Crippen LogP contribution < -0.4 is 10.6 Å². The van der Waals surface area contributed by atoms with Gasteiger partial charge in [0.15, 0.2) is 5.78 Å². The molecule has 0 bridgehead atoms. The summed E-state index contributed by atoms with van der Waals surface area (Å²) in [7, 11) is 0. The van der Waals surface area contributed by atoms with Crippen molar-refractivity contribution in [2.75, 3.05) is 5.32 Å². The van der Waals surface area contributed by atoms with E-state index in [1.807, 2.05) is 43.3 Å². The van der Waals surface area contributed by atoms with E-state index in [-0.39, 0.29) is 23.4 Å². The minimum atomic E-state index is -0.288. The van der Waals surface area contributed by atoms with Gasteiger partial charge in [0.25, 0.3) is 5.91 Å². The summed E-state index contributed by atoms with van der Waals surface area (Å²) in [6, 6.07) is 16.7. The molecule has 0 saturated heterocycles. The molecule has 0 radical (unpaired) electrons. The molecule has 1 atom stereocenters. The Morgan fingerprint density at radius 3 is 2.41 bits per heavy atom. The Morgan fingerprint density at radius 1 is 0.963 bits per heavy atom. The Morgan fingerprint density at radius 2 is 1.74 bits per heavy atom. The van der Waals surface area contributed by atoms with Crippen LogP contribution in [0.25, 0.3) is 0 Å². The molecule has 0 fully saturated rings. The summed E-state index contributed by atoms with van der Waals surface area (Å²) in [4.78, 5) is 32.2. The number of aromatic nitrogens is 2. The number of hydrogen-bond donors (Lipinski definition) is 2. The fourth-order valence-electron chi connectivity index (χ4n) is 2.57. The lowest BCUT2D eigenvalue weighted by molar-refractivity contribution is 0.0933. The van der Waals surface area contributed by atoms with Crippen LogP contribution in [0.2, 0.25) is 0 Å². The predicted molar refractivity (Wildman–Crippen MR) is 104 cm³/mol. The van der Waals surface area contributed by atoms with E-state index in [1.165, 1.54) is 19.3 Å². The van der Waals surface area contributed by atoms with Crippen molar-refractivity contribution in [3.63, 3.8) is 0 Å². The molecule has 0 aliphatic heterocycles. The molecule has 1 amide bonds. The summed E-state index contributed by atoms with van der Waals surface area (Å²) >= 11 is 0. The molecule has 3 rings (SSSR count). The van der Waals surface area contributed by atoms with E-state index < -0.39 is 0 Å². The van der Waals surface area contributed by atoms with Gasteiger partial charge in [0.05, 0.1) is 18.4 Å². The molecular formula is C21H20N4O2. The summed E-state index contributed by atoms with van der Waals surface area (Å²) in [6.07, 6.45) is 2.91. The fourth-order valence-corrected chi connectivity index (χ4v) is 2.57. The molecule has 0 aliphatic carbocycles. The Labute approximate surface area is 157 Å². The van der Waals surface area contributed by atoms with Crippen LogP contribution in [0.3, 0.4) is 0 Å². The normalized spacial score (nSPS) is 11.5. The molecule has 6 nitrogen and oxygen atoms in total. The van der Waals surface area contributed by atoms with E-state index in [0.29, 0.717) is 11.4 Å². The number of nitrogens with zero attached hydrogens (tertiary/aromatic N) is 2. The summed E-state index contributed by atoms with van der Waals surface area (Å²) in [5.74, 6) is 0.191. The van der Waals surface area contributed by atoms with Crippen molar-refractivity contribution < 1.29 is 9.59 Å². The highest BCUT2D eigenvalue weighted by molar-refractivity contribution is 5.95. The van der Waals surface area contributed by atoms with Gasteiger partial charge in [-0.2, -0.15) is 0 Å². The molecular weight excluding hydrogens is 340 g/mol. The molecule has 3 aromatic rings. The van der Waals surface area contributed by atoms with Crippen LogP contribution in [0.4, 0.5) is 11.5 Å². The van der Waals surface area contributed by atoms with Gasteiger partial charge in [0.1, 0.15) is 11.5 Å². The number of Topliss-reactive ketones (excluding diaryl/α,β-unsaturated/α-hetero) is 1. The van der Waals surface area contributed by atoms with Crippen molar-refractivity contribution in [3.8, 4) is 0 Å². The largest absolute Gasteiger partial charge is 0.344 e. The van der Waals surface area contributed by atoms with Gasteiger partial charge in [-0.1, -0.05) is 42.5 Å². The van der Waals surface area contributed by atoms with Gasteiger partial charge in [-0.3, -0.25) is 9.59 Å². The monoisotopic (exact) mass is 360 g/mol. The van der Waals surface area contributed by atoms with Gasteiger partial charge in [-0.25, -0.2) is 9.97 Å². The van der Waals surface area contributed by atoms with E-state index in [0.717, 1.165) is 11.3 Å². The lowest BCUT2D eigenvalue weighted by Gasteiger charge is -2.14. The van der Waals surface area contributed by atoms with Gasteiger partial charge >= 0.3 is 0 Å². The lowest BCUT2D eigenvalue weighted by atomic mass is 10.1. The first-order chi connectivity index (χ1) is 13.0. The number of hydrogen-bond acceptors (Lipinski definition) is 5. The van der Waals surface area contributed by atoms with E-state index in [9.17, 15) is 9.59 Å². The van der Waals surface area contributed by atoms with Gasteiger partial charge in [-0.05, 0) is 31.5 Å². The molecule has 0 saturated carbocycles. The number of rotatable bonds is 6. The number of ketones is 1. The number of anilines is 2. The second kappa shape index (κ2) is 8.23. The van der Waals surface area contributed by atoms with Gasteiger partial charge in [0.2, 0.25) is 0 Å². The quantitative estimate of drug-likeness (QED) is 0.651. The lowest BCUT2D eigenvalue weighted by Crippen LogP contribution is -2.27. The third-order valence-electron chi connectivity index (χ3n) is 4.07. The third-order valence-corrected chi connectivity index (χ3v) is 4.07. The summed E-state index contributed by atoms with van der Waals surface area (Å²) in [5, 5.41) is 5.98. The standard InChI is InChI=1S/C21H20N4O2/c1-14(16-7-4-3-5-8-16)24-21(27)19-12-23-20(13-22-19)25-18-10-6-9-17(11-18)15(2)26/h3-14H,1-2H3,(H,23,25)(H,24,27). The van der Waals surface area contributed by atoms with Crippen LogP contribution in [0.1, 0.15) is 46.3 Å². The maximum Gasteiger partial charge on any atom is 0.271 e. The van der Waals surface area contributed by atoms with Crippen molar-refractivity contribution in [3.05, 3.63) is 83.8 Å². The topological polar surface area (TPSA) is 84.0 Å². The van der Waals surface area contributed by atoms with Crippen LogP contribution in [-0.2, 0) is 0 Å². The Bertz CT molecular complexity index is 940. The van der Waals surface area contributed by atoms with E-state index in [2.05, 4.69) is 20.6 Å². The summed E-state index contributed by atoms with van der Waals surface area (Å²) in [6.45, 7) is 3.43. The number of benzene rings is 2. The van der Waals surface area contributed by atoms with Crippen molar-refractivity contribution in [1.82, 2.24) is 15.3 Å². The molecule has 0 spiro atoms. The first-order valence-electron chi connectivity index (χ1n) is 8.59. The van der Waals surface area contributed by atoms with Gasteiger partial charge < -0.3 is 10.6 Å². The molecule has 0 aliphatic rings. The Hall–Kier alpha value is -3.54. The maximum atomic E-state index is 12.3. The van der Waals surface area contributed by atoms with Crippen molar-refractivity contribution >= 4 is 23.2 Å². The minimum absolute atomic E-state index is 0.00992. The zero-order chi connectivity index (χ0) is 19.2. The zero-order valence-corrected chi connectivity index (χ0v) is 15.1. The molecule has 6 heteroatoms. The second-order valence-electron chi connectivity index (χ2n) is 6.15. The highest BCUT2D eigenvalue weighted by atomic mass is 16.2. The SMILES string of the molecule is CC(=O)c1cccc(Nc2cnc(C(=O)NC(C)c3ccccc3)cn2)c1. The molecule has 136 valence electrons. The van der Waals surface area contributed by atoms with Crippen LogP contribution >= 0.6 is 0 Å². The minimum Gasteiger partial charge on any atom is -0.344 e. The number of carbonyl (C=O) groups excluding carboxylic acids is 2. The molecule has 27 heavy (non-hydrogen) atoms. The first-order valence-corrected chi connectivity index (χ1v) is 8.59. The smallest absolute Gasteiger partial charge is 0.271 e. The van der Waals surface area contributed by atoms with Gasteiger partial charge in [0, 0.05) is 11.3 Å². The second-order valence-corrected chi connectivity index (χ2v) is 6.15. The molecule has 1 unspecified atom stereocenters. The van der Waals surface area contributed by atoms with Crippen LogP contribution in [-0.4, -0.2) is 21.7 Å². The van der Waals surface area contributed by atoms with Crippen molar-refractivity contribution in [2.24, 2.45) is 0 Å². The first kappa shape index (κ1) is 18.3. The maximum absolute atomic E-state index is 12.3. The van der Waals surface area contributed by atoms with Crippen LogP contribution in [0.5, 0.6) is 0 Å². The third kappa shape index (κ3) is 4.76. The van der Waals surface area contributed by atoms with Crippen molar-refractivity contribution in [2.45, 2.75) is 19.9 Å². The van der Waals surface area contributed by atoms with Crippen LogP contribution in [0.15, 0.2) is 67.0 Å². The van der Waals surface area contributed by atoms with Crippen LogP contribution in [0, 0.1) is 0 Å². The highest BCUT2D eigenvalue weighted by Gasteiger charge is 2.13. The Kier molecular flexibility index (Phi) is 5.56. The highest BCUT2D eigenvalue weighted by Crippen LogP contribution is 2.16. The average molecular weight is 360 g/mol. The van der Waals surface area contributed by atoms with E-state index in [4.69, 9.17) is 0 Å². The Balaban J connectivity index is 1.65. The molecule has 2 aromatic carbocycles. The number of carbonyl (C=O) groups is 2. The van der Waals surface area contributed by atoms with Gasteiger partial charge in [-0.15, -0.1) is 0 Å². The van der Waals surface area contributed by atoms with E-state index >= 15 is 0 Å². The molecule has 1 heterocycles. The number of nitrogens with one attached hydrogen (secondary N) is 2. The number of amides is 1. The average Bonchev–Trinajstić information content (AvgIpc) is 2.69. The summed E-state index contributed by atoms with van der Waals surface area (Å²) < 4.78 is 0. The predicted octanol–water partition coefficient (Wildman–Crippen LogP) is 3.91. The van der Waals surface area contributed by atoms with E-state index in [1.54, 1.807) is 18.2 Å². The van der Waals surface area contributed by atoms with Crippen molar-refractivity contribution in [1.29, 1.82) is 0 Å². The molecule has 2 N–H and O–H groups in total. The fraction of sp³-hybridized carbons (Fsp3) is 0.143. The summed E-state index contributed by atoms with van der Waals surface area (Å²) in [5.41, 5.74) is 2.59. The molecule has 1 aromatic heterocycles. The zero-order valence-electron chi connectivity index (χ0n) is 15.1.